The molecule has 2 N–H and O–H groups in total. The molecule has 0 aliphatic carbocycles. The van der Waals surface area contributed by atoms with Gasteiger partial charge in [0.1, 0.15) is 5.82 Å². The van der Waals surface area contributed by atoms with Crippen molar-refractivity contribution in [2.75, 3.05) is 0 Å². The second-order valence-corrected chi connectivity index (χ2v) is 4.44. The van der Waals surface area contributed by atoms with E-state index >= 15 is 0 Å². The average molecular weight is 195 g/mol. The first-order chi connectivity index (χ1) is 6.42. The van der Waals surface area contributed by atoms with Gasteiger partial charge in [-0.25, -0.2) is 4.39 Å². The van der Waals surface area contributed by atoms with E-state index in [1.54, 1.807) is 0 Å². The van der Waals surface area contributed by atoms with Crippen LogP contribution in [-0.2, 0) is 12.8 Å². The number of rotatable bonds is 3. The Bertz CT molecular complexity index is 313. The van der Waals surface area contributed by atoms with E-state index < -0.39 is 0 Å². The van der Waals surface area contributed by atoms with E-state index in [2.05, 4.69) is 6.92 Å². The van der Waals surface area contributed by atoms with Gasteiger partial charge in [0, 0.05) is 5.54 Å². The molecule has 0 saturated carbocycles. The van der Waals surface area contributed by atoms with Crippen molar-refractivity contribution < 1.29 is 4.39 Å². The lowest BCUT2D eigenvalue weighted by molar-refractivity contribution is 0.497. The Balaban J connectivity index is 2.95. The van der Waals surface area contributed by atoms with Crippen LogP contribution in [0, 0.1) is 5.82 Å². The number of aryl methyl sites for hydroxylation is 1. The Labute approximate surface area is 85.1 Å². The highest BCUT2D eigenvalue weighted by atomic mass is 19.1. The van der Waals surface area contributed by atoms with Crippen molar-refractivity contribution in [3.63, 3.8) is 0 Å². The van der Waals surface area contributed by atoms with Crippen LogP contribution in [0.25, 0.3) is 0 Å². The van der Waals surface area contributed by atoms with Crippen molar-refractivity contribution >= 4 is 0 Å². The SMILES string of the molecule is CCc1ccc(F)c(CC(C)(C)N)c1. The summed E-state index contributed by atoms with van der Waals surface area (Å²) in [6.45, 7) is 5.88. The topological polar surface area (TPSA) is 26.0 Å². The zero-order chi connectivity index (χ0) is 10.8. The normalized spacial score (nSPS) is 11.8. The Morgan fingerprint density at radius 1 is 1.36 bits per heavy atom. The van der Waals surface area contributed by atoms with Gasteiger partial charge in [-0.3, -0.25) is 0 Å². The lowest BCUT2D eigenvalue weighted by atomic mass is 9.94. The van der Waals surface area contributed by atoms with Crippen molar-refractivity contribution in [3.05, 3.63) is 35.1 Å². The fourth-order valence-electron chi connectivity index (χ4n) is 1.47. The van der Waals surface area contributed by atoms with Crippen molar-refractivity contribution in [1.29, 1.82) is 0 Å². The number of hydrogen-bond donors (Lipinski definition) is 1. The molecule has 0 aliphatic heterocycles. The van der Waals surface area contributed by atoms with Gasteiger partial charge in [-0.05, 0) is 43.9 Å². The van der Waals surface area contributed by atoms with Gasteiger partial charge in [0.25, 0.3) is 0 Å². The summed E-state index contributed by atoms with van der Waals surface area (Å²) in [5.74, 6) is -0.152. The second-order valence-electron chi connectivity index (χ2n) is 4.44. The molecule has 0 heterocycles. The average Bonchev–Trinajstić information content (AvgIpc) is 2.06. The Morgan fingerprint density at radius 2 is 2.00 bits per heavy atom. The molecule has 0 fully saturated rings. The third-order valence-corrected chi connectivity index (χ3v) is 2.16. The standard InChI is InChI=1S/C12H18FN/c1-4-9-5-6-11(13)10(7-9)8-12(2,3)14/h5-7H,4,8,14H2,1-3H3. The molecule has 1 aromatic carbocycles. The molecule has 0 spiro atoms. The Morgan fingerprint density at radius 3 is 2.50 bits per heavy atom. The van der Waals surface area contributed by atoms with Crippen molar-refractivity contribution in [1.82, 2.24) is 0 Å². The number of benzene rings is 1. The zero-order valence-corrected chi connectivity index (χ0v) is 9.10. The minimum Gasteiger partial charge on any atom is -0.325 e. The lowest BCUT2D eigenvalue weighted by Gasteiger charge is -2.19. The smallest absolute Gasteiger partial charge is 0.126 e. The van der Waals surface area contributed by atoms with Crippen LogP contribution in [0.2, 0.25) is 0 Å². The highest BCUT2D eigenvalue weighted by Gasteiger charge is 2.14. The fourth-order valence-corrected chi connectivity index (χ4v) is 1.47. The summed E-state index contributed by atoms with van der Waals surface area (Å²) in [7, 11) is 0. The lowest BCUT2D eigenvalue weighted by Crippen LogP contribution is -2.34. The minimum atomic E-state index is -0.354. The summed E-state index contributed by atoms with van der Waals surface area (Å²) >= 11 is 0. The van der Waals surface area contributed by atoms with Crippen LogP contribution in [0.5, 0.6) is 0 Å². The van der Waals surface area contributed by atoms with Crippen LogP contribution in [0.1, 0.15) is 31.9 Å². The van der Waals surface area contributed by atoms with E-state index in [-0.39, 0.29) is 11.4 Å². The molecule has 1 nitrogen and oxygen atoms in total. The number of nitrogens with two attached hydrogens (primary N) is 1. The van der Waals surface area contributed by atoms with E-state index in [0.29, 0.717) is 6.42 Å². The summed E-state index contributed by atoms with van der Waals surface area (Å²) in [4.78, 5) is 0. The molecular weight excluding hydrogens is 177 g/mol. The van der Waals surface area contributed by atoms with Gasteiger partial charge in [0.15, 0.2) is 0 Å². The van der Waals surface area contributed by atoms with Crippen LogP contribution in [-0.4, -0.2) is 5.54 Å². The minimum absolute atomic E-state index is 0.152. The Kier molecular flexibility index (Phi) is 3.27. The molecule has 0 atom stereocenters. The summed E-state index contributed by atoms with van der Waals surface area (Å²) in [6.07, 6.45) is 1.50. The van der Waals surface area contributed by atoms with E-state index in [0.717, 1.165) is 17.5 Å². The predicted octanol–water partition coefficient (Wildman–Crippen LogP) is 2.67. The van der Waals surface area contributed by atoms with Crippen LogP contribution >= 0.6 is 0 Å². The summed E-state index contributed by atoms with van der Waals surface area (Å²) in [5.41, 5.74) is 7.38. The maximum Gasteiger partial charge on any atom is 0.126 e. The van der Waals surface area contributed by atoms with Gasteiger partial charge in [-0.2, -0.15) is 0 Å². The molecule has 78 valence electrons. The molecule has 0 bridgehead atoms. The van der Waals surface area contributed by atoms with Gasteiger partial charge in [-0.15, -0.1) is 0 Å². The second kappa shape index (κ2) is 4.09. The van der Waals surface area contributed by atoms with Gasteiger partial charge < -0.3 is 5.73 Å². The van der Waals surface area contributed by atoms with E-state index in [1.165, 1.54) is 6.07 Å². The highest BCUT2D eigenvalue weighted by Crippen LogP contribution is 2.16. The van der Waals surface area contributed by atoms with Crippen LogP contribution < -0.4 is 5.73 Å². The maximum atomic E-state index is 13.4. The van der Waals surface area contributed by atoms with Gasteiger partial charge in [0.05, 0.1) is 0 Å². The summed E-state index contributed by atoms with van der Waals surface area (Å²) in [6, 6.07) is 5.26. The molecule has 2 heteroatoms. The summed E-state index contributed by atoms with van der Waals surface area (Å²) < 4.78 is 13.4. The van der Waals surface area contributed by atoms with Crippen LogP contribution in [0.4, 0.5) is 4.39 Å². The molecule has 0 radical (unpaired) electrons. The first kappa shape index (κ1) is 11.2. The van der Waals surface area contributed by atoms with Crippen molar-refractivity contribution in [2.24, 2.45) is 5.73 Å². The first-order valence-corrected chi connectivity index (χ1v) is 4.98. The number of hydrogen-bond acceptors (Lipinski definition) is 1. The van der Waals surface area contributed by atoms with E-state index in [4.69, 9.17) is 5.73 Å². The maximum absolute atomic E-state index is 13.4. The molecule has 0 unspecified atom stereocenters. The predicted molar refractivity (Wildman–Crippen MR) is 57.7 cm³/mol. The zero-order valence-electron chi connectivity index (χ0n) is 9.10. The fraction of sp³-hybridized carbons (Fsp3) is 0.500. The monoisotopic (exact) mass is 195 g/mol. The molecule has 0 saturated heterocycles. The third-order valence-electron chi connectivity index (χ3n) is 2.16. The van der Waals surface area contributed by atoms with Gasteiger partial charge in [-0.1, -0.05) is 19.1 Å². The quantitative estimate of drug-likeness (QED) is 0.788. The van der Waals surface area contributed by atoms with Crippen molar-refractivity contribution in [3.8, 4) is 0 Å². The van der Waals surface area contributed by atoms with Crippen LogP contribution in [0.3, 0.4) is 0 Å². The molecular formula is C12H18FN. The largest absolute Gasteiger partial charge is 0.325 e. The Hall–Kier alpha value is -0.890. The molecule has 1 aromatic rings. The first-order valence-electron chi connectivity index (χ1n) is 4.98. The molecule has 0 aliphatic rings. The molecule has 14 heavy (non-hydrogen) atoms. The molecule has 1 rings (SSSR count). The third kappa shape index (κ3) is 3.11. The summed E-state index contributed by atoms with van der Waals surface area (Å²) in [5, 5.41) is 0. The van der Waals surface area contributed by atoms with Crippen LogP contribution in [0.15, 0.2) is 18.2 Å². The number of halogens is 1. The van der Waals surface area contributed by atoms with E-state index in [1.807, 2.05) is 26.0 Å². The van der Waals surface area contributed by atoms with Crippen molar-refractivity contribution in [2.45, 2.75) is 39.2 Å². The van der Waals surface area contributed by atoms with E-state index in [9.17, 15) is 4.39 Å². The molecule has 0 aromatic heterocycles. The highest BCUT2D eigenvalue weighted by molar-refractivity contribution is 5.26. The van der Waals surface area contributed by atoms with Gasteiger partial charge >= 0.3 is 0 Å². The molecule has 0 amide bonds. The van der Waals surface area contributed by atoms with Gasteiger partial charge in [0.2, 0.25) is 0 Å².